The van der Waals surface area contributed by atoms with Crippen molar-refractivity contribution in [2.24, 2.45) is 12.0 Å². The van der Waals surface area contributed by atoms with Crippen molar-refractivity contribution in [3.63, 3.8) is 0 Å². The van der Waals surface area contributed by atoms with Crippen molar-refractivity contribution < 1.29 is 18.3 Å². The Kier molecular flexibility index (Phi) is 4.41. The number of amidine groups is 1. The van der Waals surface area contributed by atoms with Crippen LogP contribution in [0.1, 0.15) is 11.3 Å². The van der Waals surface area contributed by atoms with E-state index in [-0.39, 0.29) is 17.9 Å². The van der Waals surface area contributed by atoms with Gasteiger partial charge >= 0.3 is 6.09 Å². The third kappa shape index (κ3) is 3.17. The summed E-state index contributed by atoms with van der Waals surface area (Å²) >= 11 is 0. The summed E-state index contributed by atoms with van der Waals surface area (Å²) in [5.41, 5.74) is 1.86. The molecule has 8 nitrogen and oxygen atoms in total. The van der Waals surface area contributed by atoms with Crippen molar-refractivity contribution >= 4 is 23.3 Å². The van der Waals surface area contributed by atoms with Gasteiger partial charge in [0.05, 0.1) is 43.2 Å². The standard InChI is InChI=1S/C20H20F2N6O2/c1-26-8-12-9-27(11-14(12)25-26)15-4-5-16(19(22)18(15)21)28-10-13(30-20(28)29)7-24-17-3-2-6-23-17/h2-5,8,13H,6-7,9-11H2,1H3,(H,23,24)/t13-/m0/s1. The van der Waals surface area contributed by atoms with Crippen molar-refractivity contribution in [1.82, 2.24) is 15.1 Å². The zero-order valence-corrected chi connectivity index (χ0v) is 16.3. The van der Waals surface area contributed by atoms with Crippen LogP contribution in [-0.2, 0) is 24.9 Å². The van der Waals surface area contributed by atoms with Crippen molar-refractivity contribution in [3.05, 3.63) is 53.4 Å². The highest BCUT2D eigenvalue weighted by atomic mass is 19.2. The first-order valence-electron chi connectivity index (χ1n) is 9.67. The second-order valence-corrected chi connectivity index (χ2v) is 7.49. The maximum Gasteiger partial charge on any atom is 0.414 e. The number of hydrogen-bond acceptors (Lipinski definition) is 6. The van der Waals surface area contributed by atoms with Crippen LogP contribution in [0.3, 0.4) is 0 Å². The minimum Gasteiger partial charge on any atom is -0.442 e. The fraction of sp³-hybridized carbons (Fsp3) is 0.350. The van der Waals surface area contributed by atoms with Crippen molar-refractivity contribution in [2.45, 2.75) is 19.2 Å². The number of carbonyl (C=O) groups excluding carboxylic acids is 1. The van der Waals surface area contributed by atoms with E-state index in [0.29, 0.717) is 32.0 Å². The monoisotopic (exact) mass is 414 g/mol. The van der Waals surface area contributed by atoms with Gasteiger partial charge in [-0.3, -0.25) is 14.6 Å². The van der Waals surface area contributed by atoms with Crippen molar-refractivity contribution in [1.29, 1.82) is 0 Å². The lowest BCUT2D eigenvalue weighted by Crippen LogP contribution is -2.33. The van der Waals surface area contributed by atoms with Crippen LogP contribution in [0.2, 0.25) is 0 Å². The van der Waals surface area contributed by atoms with E-state index in [1.54, 1.807) is 9.58 Å². The van der Waals surface area contributed by atoms with Crippen LogP contribution < -0.4 is 15.1 Å². The summed E-state index contributed by atoms with van der Waals surface area (Å²) in [5, 5.41) is 7.41. The van der Waals surface area contributed by atoms with Gasteiger partial charge < -0.3 is 15.0 Å². The maximum absolute atomic E-state index is 14.9. The maximum atomic E-state index is 14.9. The molecule has 0 radical (unpaired) electrons. The Labute approximate surface area is 171 Å². The van der Waals surface area contributed by atoms with E-state index in [9.17, 15) is 13.6 Å². The molecular weight excluding hydrogens is 394 g/mol. The number of aromatic nitrogens is 2. The second-order valence-electron chi connectivity index (χ2n) is 7.49. The molecule has 1 aromatic heterocycles. The van der Waals surface area contributed by atoms with E-state index in [0.717, 1.165) is 16.2 Å². The molecule has 0 unspecified atom stereocenters. The predicted molar refractivity (Wildman–Crippen MR) is 107 cm³/mol. The molecule has 4 heterocycles. The van der Waals surface area contributed by atoms with E-state index >= 15 is 0 Å². The number of aryl methyl sites for hydroxylation is 1. The SMILES string of the molecule is Cn1cc2c(n1)CN(c1ccc(N3C[C@H](CNC4=NCC=C4)OC3=O)c(F)c1F)C2. The van der Waals surface area contributed by atoms with Crippen molar-refractivity contribution in [3.8, 4) is 0 Å². The molecular formula is C20H20F2N6O2. The van der Waals surface area contributed by atoms with Gasteiger partial charge in [-0.1, -0.05) is 6.08 Å². The zero-order valence-electron chi connectivity index (χ0n) is 16.3. The summed E-state index contributed by atoms with van der Waals surface area (Å²) in [6.07, 6.45) is 4.43. The Balaban J connectivity index is 1.30. The number of halogens is 2. The van der Waals surface area contributed by atoms with Crippen LogP contribution in [0.5, 0.6) is 0 Å². The lowest BCUT2D eigenvalue weighted by atomic mass is 10.2. The van der Waals surface area contributed by atoms with Gasteiger partial charge in [0, 0.05) is 25.4 Å². The third-order valence-corrected chi connectivity index (χ3v) is 5.39. The number of nitrogens with one attached hydrogen (secondary N) is 1. The Morgan fingerprint density at radius 1 is 1.23 bits per heavy atom. The highest BCUT2D eigenvalue weighted by Gasteiger charge is 2.35. The molecule has 2 aromatic rings. The van der Waals surface area contributed by atoms with Crippen LogP contribution >= 0.6 is 0 Å². The summed E-state index contributed by atoms with van der Waals surface area (Å²) in [6.45, 7) is 1.94. The van der Waals surface area contributed by atoms with Gasteiger partial charge in [0.2, 0.25) is 0 Å². The van der Waals surface area contributed by atoms with Crippen LogP contribution in [-0.4, -0.2) is 47.4 Å². The van der Waals surface area contributed by atoms with Crippen LogP contribution in [0.4, 0.5) is 25.0 Å². The van der Waals surface area contributed by atoms with E-state index in [4.69, 9.17) is 4.74 Å². The van der Waals surface area contributed by atoms with Crippen LogP contribution in [0, 0.1) is 11.6 Å². The number of amides is 1. The quantitative estimate of drug-likeness (QED) is 0.830. The Hall–Kier alpha value is -3.43. The van der Waals surface area contributed by atoms with Crippen molar-refractivity contribution in [2.75, 3.05) is 29.4 Å². The molecule has 0 spiro atoms. The summed E-state index contributed by atoms with van der Waals surface area (Å²) in [4.78, 5) is 19.3. The molecule has 1 aromatic carbocycles. The number of carbonyl (C=O) groups is 1. The normalized spacial score (nSPS) is 20.0. The van der Waals surface area contributed by atoms with Gasteiger partial charge in [0.1, 0.15) is 11.9 Å². The zero-order chi connectivity index (χ0) is 20.8. The molecule has 3 aliphatic heterocycles. The fourth-order valence-electron chi connectivity index (χ4n) is 3.97. The highest BCUT2D eigenvalue weighted by Crippen LogP contribution is 2.35. The lowest BCUT2D eigenvalue weighted by molar-refractivity contribution is 0.143. The molecule has 10 heteroatoms. The number of anilines is 2. The molecule has 5 rings (SSSR count). The molecule has 1 atom stereocenters. The molecule has 1 saturated heterocycles. The Bertz CT molecular complexity index is 1060. The smallest absolute Gasteiger partial charge is 0.414 e. The highest BCUT2D eigenvalue weighted by molar-refractivity contribution is 5.95. The summed E-state index contributed by atoms with van der Waals surface area (Å²) in [5.74, 6) is -1.33. The number of ether oxygens (including phenoxy) is 1. The topological polar surface area (TPSA) is 75.0 Å². The van der Waals surface area contributed by atoms with E-state index in [1.807, 2.05) is 25.4 Å². The van der Waals surface area contributed by atoms with Crippen LogP contribution in [0.25, 0.3) is 0 Å². The first-order valence-corrected chi connectivity index (χ1v) is 9.67. The number of benzene rings is 1. The summed E-state index contributed by atoms with van der Waals surface area (Å²) in [7, 11) is 1.83. The molecule has 156 valence electrons. The van der Waals surface area contributed by atoms with Gasteiger partial charge in [-0.15, -0.1) is 0 Å². The van der Waals surface area contributed by atoms with E-state index in [2.05, 4.69) is 15.4 Å². The molecule has 1 amide bonds. The molecule has 0 aliphatic carbocycles. The minimum absolute atomic E-state index is 0.123. The number of nitrogens with zero attached hydrogens (tertiary/aromatic N) is 5. The fourth-order valence-corrected chi connectivity index (χ4v) is 3.97. The minimum atomic E-state index is -1.06. The average molecular weight is 414 g/mol. The molecule has 1 fully saturated rings. The second kappa shape index (κ2) is 7.12. The predicted octanol–water partition coefficient (Wildman–Crippen LogP) is 2.10. The molecule has 0 saturated carbocycles. The molecule has 0 bridgehead atoms. The summed E-state index contributed by atoms with van der Waals surface area (Å²) < 4.78 is 36.8. The molecule has 30 heavy (non-hydrogen) atoms. The number of fused-ring (bicyclic) bond motifs is 1. The molecule has 3 aliphatic rings. The van der Waals surface area contributed by atoms with E-state index < -0.39 is 23.8 Å². The number of rotatable bonds is 4. The first-order chi connectivity index (χ1) is 14.5. The largest absolute Gasteiger partial charge is 0.442 e. The van der Waals surface area contributed by atoms with Gasteiger partial charge in [-0.05, 0) is 18.2 Å². The van der Waals surface area contributed by atoms with Crippen LogP contribution in [0.15, 0.2) is 35.5 Å². The number of cyclic esters (lactones) is 1. The Morgan fingerprint density at radius 3 is 2.80 bits per heavy atom. The van der Waals surface area contributed by atoms with Gasteiger partial charge in [-0.25, -0.2) is 13.6 Å². The summed E-state index contributed by atoms with van der Waals surface area (Å²) in [6, 6.07) is 2.92. The van der Waals surface area contributed by atoms with Gasteiger partial charge in [0.25, 0.3) is 0 Å². The third-order valence-electron chi connectivity index (χ3n) is 5.39. The Morgan fingerprint density at radius 2 is 2.03 bits per heavy atom. The molecule has 1 N–H and O–H groups in total. The van der Waals surface area contributed by atoms with E-state index in [1.165, 1.54) is 12.1 Å². The number of hydrogen-bond donors (Lipinski definition) is 1. The first kappa shape index (κ1) is 18.6. The number of aliphatic imine (C=N–C) groups is 1. The average Bonchev–Trinajstić information content (AvgIpc) is 3.47. The van der Waals surface area contributed by atoms with Gasteiger partial charge in [0.15, 0.2) is 11.6 Å². The van der Waals surface area contributed by atoms with Gasteiger partial charge in [-0.2, -0.15) is 5.10 Å². The lowest BCUT2D eigenvalue weighted by Gasteiger charge is -2.21.